The standard InChI is InChI=1S/C17H20FN3O3/c1-3-12-5-6-13(11-14(12)18)16(22)19-8-10-21-9-7-15(20-21)17(23)24-4-2/h5-7,9,11H,3-4,8,10H2,1-2H3,(H,19,22). The second-order valence-electron chi connectivity index (χ2n) is 5.10. The molecule has 1 amide bonds. The summed E-state index contributed by atoms with van der Waals surface area (Å²) in [6.45, 7) is 4.56. The van der Waals surface area contributed by atoms with Crippen LogP contribution in [0, 0.1) is 5.82 Å². The topological polar surface area (TPSA) is 73.2 Å². The Labute approximate surface area is 139 Å². The Kier molecular flexibility index (Phi) is 6.06. The van der Waals surface area contributed by atoms with Crippen molar-refractivity contribution in [1.29, 1.82) is 0 Å². The molecule has 1 aromatic heterocycles. The van der Waals surface area contributed by atoms with Gasteiger partial charge in [-0.05, 0) is 37.1 Å². The fraction of sp³-hybridized carbons (Fsp3) is 0.353. The molecule has 0 aliphatic rings. The maximum absolute atomic E-state index is 13.7. The van der Waals surface area contributed by atoms with Crippen LogP contribution in [-0.4, -0.2) is 34.8 Å². The number of halogens is 1. The summed E-state index contributed by atoms with van der Waals surface area (Å²) in [7, 11) is 0. The summed E-state index contributed by atoms with van der Waals surface area (Å²) in [5, 5.41) is 6.76. The zero-order valence-corrected chi connectivity index (χ0v) is 13.7. The van der Waals surface area contributed by atoms with Gasteiger partial charge in [-0.3, -0.25) is 9.48 Å². The molecule has 1 heterocycles. The summed E-state index contributed by atoms with van der Waals surface area (Å²) in [4.78, 5) is 23.5. The molecule has 6 nitrogen and oxygen atoms in total. The van der Waals surface area contributed by atoms with Crippen LogP contribution in [0.25, 0.3) is 0 Å². The molecule has 2 rings (SSSR count). The lowest BCUT2D eigenvalue weighted by Crippen LogP contribution is -2.27. The van der Waals surface area contributed by atoms with Crippen LogP contribution in [0.2, 0.25) is 0 Å². The SMILES string of the molecule is CCOC(=O)c1ccn(CCNC(=O)c2ccc(CC)c(F)c2)n1. The van der Waals surface area contributed by atoms with Gasteiger partial charge in [-0.25, -0.2) is 9.18 Å². The summed E-state index contributed by atoms with van der Waals surface area (Å²) >= 11 is 0. The zero-order valence-electron chi connectivity index (χ0n) is 13.7. The number of amides is 1. The van der Waals surface area contributed by atoms with Crippen LogP contribution in [0.3, 0.4) is 0 Å². The van der Waals surface area contributed by atoms with Crippen molar-refractivity contribution >= 4 is 11.9 Å². The number of carbonyl (C=O) groups is 2. The quantitative estimate of drug-likeness (QED) is 0.788. The highest BCUT2D eigenvalue weighted by atomic mass is 19.1. The first-order valence-electron chi connectivity index (χ1n) is 7.82. The Morgan fingerprint density at radius 1 is 1.29 bits per heavy atom. The highest BCUT2D eigenvalue weighted by molar-refractivity contribution is 5.94. The number of aromatic nitrogens is 2. The lowest BCUT2D eigenvalue weighted by molar-refractivity contribution is 0.0518. The molecule has 0 saturated heterocycles. The van der Waals surface area contributed by atoms with Crippen LogP contribution >= 0.6 is 0 Å². The summed E-state index contributed by atoms with van der Waals surface area (Å²) in [6, 6.07) is 6.01. The third-order valence-electron chi connectivity index (χ3n) is 3.45. The number of benzene rings is 1. The maximum atomic E-state index is 13.7. The molecule has 24 heavy (non-hydrogen) atoms. The van der Waals surface area contributed by atoms with Crippen LogP contribution in [0.5, 0.6) is 0 Å². The fourth-order valence-corrected chi connectivity index (χ4v) is 2.16. The van der Waals surface area contributed by atoms with Crippen molar-refractivity contribution in [3.05, 3.63) is 53.1 Å². The van der Waals surface area contributed by atoms with E-state index in [1.807, 2.05) is 6.92 Å². The number of esters is 1. The van der Waals surface area contributed by atoms with E-state index >= 15 is 0 Å². The molecular weight excluding hydrogens is 313 g/mol. The lowest BCUT2D eigenvalue weighted by atomic mass is 10.1. The summed E-state index contributed by atoms with van der Waals surface area (Å²) in [5.41, 5.74) is 1.08. The number of nitrogens with zero attached hydrogens (tertiary/aromatic N) is 2. The second kappa shape index (κ2) is 8.24. The average molecular weight is 333 g/mol. The van der Waals surface area contributed by atoms with E-state index in [2.05, 4.69) is 10.4 Å². The third-order valence-corrected chi connectivity index (χ3v) is 3.45. The van der Waals surface area contributed by atoms with Crippen LogP contribution in [0.15, 0.2) is 30.5 Å². The van der Waals surface area contributed by atoms with E-state index in [1.54, 1.807) is 31.3 Å². The Balaban J connectivity index is 1.86. The highest BCUT2D eigenvalue weighted by Crippen LogP contribution is 2.11. The van der Waals surface area contributed by atoms with Gasteiger partial charge in [0.2, 0.25) is 0 Å². The molecule has 0 saturated carbocycles. The molecule has 0 unspecified atom stereocenters. The Morgan fingerprint density at radius 2 is 2.08 bits per heavy atom. The molecule has 0 aliphatic heterocycles. The van der Waals surface area contributed by atoms with E-state index in [4.69, 9.17) is 4.74 Å². The molecule has 2 aromatic rings. The molecular formula is C17H20FN3O3. The highest BCUT2D eigenvalue weighted by Gasteiger charge is 2.11. The third kappa shape index (κ3) is 4.41. The number of nitrogens with one attached hydrogen (secondary N) is 1. The normalized spacial score (nSPS) is 10.5. The van der Waals surface area contributed by atoms with Crippen molar-refractivity contribution in [2.24, 2.45) is 0 Å². The predicted molar refractivity (Wildman–Crippen MR) is 86.3 cm³/mol. The number of carbonyl (C=O) groups excluding carboxylic acids is 2. The summed E-state index contributed by atoms with van der Waals surface area (Å²) in [6.07, 6.45) is 2.21. The second-order valence-corrected chi connectivity index (χ2v) is 5.10. The van der Waals surface area contributed by atoms with Crippen molar-refractivity contribution in [2.45, 2.75) is 26.8 Å². The van der Waals surface area contributed by atoms with Crippen molar-refractivity contribution in [2.75, 3.05) is 13.2 Å². The first kappa shape index (κ1) is 17.7. The summed E-state index contributed by atoms with van der Waals surface area (Å²) < 4.78 is 20.1. The first-order chi connectivity index (χ1) is 11.5. The van der Waals surface area contributed by atoms with E-state index in [9.17, 15) is 14.0 Å². The first-order valence-corrected chi connectivity index (χ1v) is 7.82. The van der Waals surface area contributed by atoms with Crippen LogP contribution in [0.4, 0.5) is 4.39 Å². The van der Waals surface area contributed by atoms with E-state index in [0.29, 0.717) is 25.1 Å². The molecule has 0 aliphatic carbocycles. The molecule has 0 atom stereocenters. The monoisotopic (exact) mass is 333 g/mol. The largest absolute Gasteiger partial charge is 0.461 e. The minimum absolute atomic E-state index is 0.223. The Morgan fingerprint density at radius 3 is 2.75 bits per heavy atom. The molecule has 0 fully saturated rings. The number of ether oxygens (including phenoxy) is 1. The van der Waals surface area contributed by atoms with Gasteiger partial charge < -0.3 is 10.1 Å². The molecule has 0 spiro atoms. The van der Waals surface area contributed by atoms with Crippen LogP contribution < -0.4 is 5.32 Å². The average Bonchev–Trinajstić information content (AvgIpc) is 3.04. The number of hydrogen-bond donors (Lipinski definition) is 1. The molecule has 1 N–H and O–H groups in total. The molecule has 7 heteroatoms. The van der Waals surface area contributed by atoms with E-state index in [0.717, 1.165) is 0 Å². The van der Waals surface area contributed by atoms with Gasteiger partial charge in [-0.1, -0.05) is 13.0 Å². The zero-order chi connectivity index (χ0) is 17.5. The van der Waals surface area contributed by atoms with E-state index in [-0.39, 0.29) is 29.6 Å². The lowest BCUT2D eigenvalue weighted by Gasteiger charge is -2.07. The minimum atomic E-state index is -0.480. The Hall–Kier alpha value is -2.70. The predicted octanol–water partition coefficient (Wildman–Crippen LogP) is 2.19. The molecule has 0 bridgehead atoms. The van der Waals surface area contributed by atoms with Crippen LogP contribution in [0.1, 0.15) is 40.3 Å². The smallest absolute Gasteiger partial charge is 0.358 e. The van der Waals surface area contributed by atoms with Gasteiger partial charge in [0.25, 0.3) is 5.91 Å². The van der Waals surface area contributed by atoms with Gasteiger partial charge in [-0.2, -0.15) is 5.10 Å². The van der Waals surface area contributed by atoms with E-state index < -0.39 is 5.97 Å². The number of rotatable bonds is 7. The number of hydrogen-bond acceptors (Lipinski definition) is 4. The van der Waals surface area contributed by atoms with Gasteiger partial charge in [0.15, 0.2) is 5.69 Å². The van der Waals surface area contributed by atoms with E-state index in [1.165, 1.54) is 10.7 Å². The maximum Gasteiger partial charge on any atom is 0.358 e. The Bertz CT molecular complexity index is 728. The van der Waals surface area contributed by atoms with Crippen molar-refractivity contribution in [3.63, 3.8) is 0 Å². The molecule has 1 aromatic carbocycles. The molecule has 0 radical (unpaired) electrons. The van der Waals surface area contributed by atoms with Crippen molar-refractivity contribution in [1.82, 2.24) is 15.1 Å². The fourth-order valence-electron chi connectivity index (χ4n) is 2.16. The van der Waals surface area contributed by atoms with Crippen molar-refractivity contribution < 1.29 is 18.7 Å². The number of aryl methyl sites for hydroxylation is 1. The van der Waals surface area contributed by atoms with Gasteiger partial charge in [0.05, 0.1) is 13.2 Å². The van der Waals surface area contributed by atoms with Gasteiger partial charge in [0, 0.05) is 18.3 Å². The van der Waals surface area contributed by atoms with Gasteiger partial charge in [0.1, 0.15) is 5.82 Å². The molecule has 128 valence electrons. The van der Waals surface area contributed by atoms with Crippen LogP contribution in [-0.2, 0) is 17.7 Å². The van der Waals surface area contributed by atoms with Gasteiger partial charge in [-0.15, -0.1) is 0 Å². The van der Waals surface area contributed by atoms with Crippen molar-refractivity contribution in [3.8, 4) is 0 Å². The summed E-state index contributed by atoms with van der Waals surface area (Å²) in [5.74, 6) is -1.21. The minimum Gasteiger partial charge on any atom is -0.461 e. The van der Waals surface area contributed by atoms with Gasteiger partial charge >= 0.3 is 5.97 Å².